The van der Waals surface area contributed by atoms with Gasteiger partial charge in [-0.15, -0.1) is 6.42 Å². The summed E-state index contributed by atoms with van der Waals surface area (Å²) in [4.78, 5) is 0. The molecule has 0 aromatic heterocycles. The highest BCUT2D eigenvalue weighted by atomic mass is 14.6. The fourth-order valence-electron chi connectivity index (χ4n) is 1.74. The van der Waals surface area contributed by atoms with E-state index in [9.17, 15) is 0 Å². The van der Waals surface area contributed by atoms with Gasteiger partial charge in [0.1, 0.15) is 0 Å². The van der Waals surface area contributed by atoms with Gasteiger partial charge in [-0.05, 0) is 36.1 Å². The van der Waals surface area contributed by atoms with Crippen molar-refractivity contribution in [2.45, 2.75) is 18.9 Å². The molecule has 0 fully saturated rings. The Hall–Kier alpha value is -1.26. The lowest BCUT2D eigenvalue weighted by molar-refractivity contribution is 0.713. The van der Waals surface area contributed by atoms with E-state index in [1.165, 1.54) is 11.1 Å². The Kier molecular flexibility index (Phi) is 1.64. The van der Waals surface area contributed by atoms with Crippen LogP contribution in [0.5, 0.6) is 0 Å². The second-order valence-electron chi connectivity index (χ2n) is 3.20. The SMILES string of the molecule is C#Cc1ccc2c(c1)CC[C@@H]2N. The highest BCUT2D eigenvalue weighted by Gasteiger charge is 2.18. The molecular weight excluding hydrogens is 146 g/mol. The minimum Gasteiger partial charge on any atom is -0.324 e. The zero-order valence-electron chi connectivity index (χ0n) is 6.88. The fraction of sp³-hybridized carbons (Fsp3) is 0.273. The van der Waals surface area contributed by atoms with E-state index in [4.69, 9.17) is 12.2 Å². The van der Waals surface area contributed by atoms with Crippen LogP contribution in [0.15, 0.2) is 18.2 Å². The molecule has 12 heavy (non-hydrogen) atoms. The molecular formula is C11H11N. The van der Waals surface area contributed by atoms with Crippen LogP contribution in [0, 0.1) is 12.3 Å². The molecule has 1 aromatic carbocycles. The molecule has 0 bridgehead atoms. The van der Waals surface area contributed by atoms with Gasteiger partial charge in [0.15, 0.2) is 0 Å². The van der Waals surface area contributed by atoms with E-state index < -0.39 is 0 Å². The van der Waals surface area contributed by atoms with Gasteiger partial charge in [0.05, 0.1) is 0 Å². The van der Waals surface area contributed by atoms with Crippen LogP contribution >= 0.6 is 0 Å². The third-order valence-corrected chi connectivity index (χ3v) is 2.43. The second-order valence-corrected chi connectivity index (χ2v) is 3.20. The molecule has 1 aliphatic rings. The maximum atomic E-state index is 5.89. The molecule has 1 aromatic rings. The van der Waals surface area contributed by atoms with E-state index in [1.807, 2.05) is 6.07 Å². The molecule has 0 amide bonds. The van der Waals surface area contributed by atoms with Crippen LogP contribution in [0.3, 0.4) is 0 Å². The second kappa shape index (κ2) is 2.66. The Balaban J connectivity index is 2.50. The summed E-state index contributed by atoms with van der Waals surface area (Å²) in [7, 11) is 0. The van der Waals surface area contributed by atoms with E-state index >= 15 is 0 Å². The van der Waals surface area contributed by atoms with Gasteiger partial charge in [-0.3, -0.25) is 0 Å². The van der Waals surface area contributed by atoms with E-state index in [2.05, 4.69) is 18.1 Å². The lowest BCUT2D eigenvalue weighted by Crippen LogP contribution is -2.04. The van der Waals surface area contributed by atoms with Gasteiger partial charge in [-0.25, -0.2) is 0 Å². The van der Waals surface area contributed by atoms with Crippen molar-refractivity contribution >= 4 is 0 Å². The lowest BCUT2D eigenvalue weighted by atomic mass is 10.1. The number of benzene rings is 1. The molecule has 0 spiro atoms. The number of terminal acetylenes is 1. The number of hydrogen-bond donors (Lipinski definition) is 1. The highest BCUT2D eigenvalue weighted by molar-refractivity contribution is 5.43. The summed E-state index contributed by atoms with van der Waals surface area (Å²) in [5, 5.41) is 0. The number of fused-ring (bicyclic) bond motifs is 1. The van der Waals surface area contributed by atoms with Crippen LogP contribution in [0.4, 0.5) is 0 Å². The van der Waals surface area contributed by atoms with Crippen molar-refractivity contribution in [3.05, 3.63) is 34.9 Å². The molecule has 2 N–H and O–H groups in total. The molecule has 0 saturated carbocycles. The molecule has 0 unspecified atom stereocenters. The minimum atomic E-state index is 0.229. The monoisotopic (exact) mass is 157 g/mol. The smallest absolute Gasteiger partial charge is 0.0300 e. The van der Waals surface area contributed by atoms with Crippen molar-refractivity contribution in [1.29, 1.82) is 0 Å². The molecule has 0 saturated heterocycles. The Morgan fingerprint density at radius 1 is 1.50 bits per heavy atom. The average molecular weight is 157 g/mol. The standard InChI is InChI=1S/C11H11N/c1-2-8-3-5-10-9(7-8)4-6-11(10)12/h1,3,5,7,11H,4,6,12H2/t11-/m0/s1. The first kappa shape index (κ1) is 7.39. The van der Waals surface area contributed by atoms with Gasteiger partial charge in [0.2, 0.25) is 0 Å². The Bertz CT molecular complexity index is 347. The first-order chi connectivity index (χ1) is 5.81. The van der Waals surface area contributed by atoms with Crippen molar-refractivity contribution in [1.82, 2.24) is 0 Å². The van der Waals surface area contributed by atoms with Crippen LogP contribution < -0.4 is 5.73 Å². The molecule has 2 rings (SSSR count). The van der Waals surface area contributed by atoms with Crippen LogP contribution in [-0.4, -0.2) is 0 Å². The average Bonchev–Trinajstić information content (AvgIpc) is 2.47. The number of nitrogens with two attached hydrogens (primary N) is 1. The molecule has 0 heterocycles. The molecule has 1 heteroatoms. The van der Waals surface area contributed by atoms with Gasteiger partial charge in [0, 0.05) is 11.6 Å². The minimum absolute atomic E-state index is 0.229. The van der Waals surface area contributed by atoms with Crippen LogP contribution in [0.2, 0.25) is 0 Å². The van der Waals surface area contributed by atoms with Crippen molar-refractivity contribution in [2.24, 2.45) is 5.73 Å². The summed E-state index contributed by atoms with van der Waals surface area (Å²) in [5.41, 5.74) is 9.45. The summed E-state index contributed by atoms with van der Waals surface area (Å²) in [5.74, 6) is 2.63. The highest BCUT2D eigenvalue weighted by Crippen LogP contribution is 2.29. The third-order valence-electron chi connectivity index (χ3n) is 2.43. The normalized spacial score (nSPS) is 20.2. The number of rotatable bonds is 0. The van der Waals surface area contributed by atoms with Gasteiger partial charge >= 0.3 is 0 Å². The first-order valence-electron chi connectivity index (χ1n) is 4.16. The van der Waals surface area contributed by atoms with E-state index in [0.717, 1.165) is 18.4 Å². The van der Waals surface area contributed by atoms with E-state index in [-0.39, 0.29) is 6.04 Å². The summed E-state index contributed by atoms with van der Waals surface area (Å²) in [6.45, 7) is 0. The topological polar surface area (TPSA) is 26.0 Å². The maximum Gasteiger partial charge on any atom is 0.0300 e. The predicted molar refractivity (Wildman–Crippen MR) is 49.6 cm³/mol. The van der Waals surface area contributed by atoms with Crippen LogP contribution in [0.25, 0.3) is 0 Å². The van der Waals surface area contributed by atoms with Crippen molar-refractivity contribution in [3.63, 3.8) is 0 Å². The fourth-order valence-corrected chi connectivity index (χ4v) is 1.74. The molecule has 0 aliphatic heterocycles. The zero-order chi connectivity index (χ0) is 8.55. The van der Waals surface area contributed by atoms with Gasteiger partial charge in [0.25, 0.3) is 0 Å². The quantitative estimate of drug-likeness (QED) is 0.569. The van der Waals surface area contributed by atoms with Crippen LogP contribution in [0.1, 0.15) is 29.2 Å². The Morgan fingerprint density at radius 3 is 3.08 bits per heavy atom. The number of hydrogen-bond acceptors (Lipinski definition) is 1. The molecule has 1 nitrogen and oxygen atoms in total. The summed E-state index contributed by atoms with van der Waals surface area (Å²) in [6, 6.07) is 6.32. The van der Waals surface area contributed by atoms with Gasteiger partial charge in [-0.1, -0.05) is 12.0 Å². The summed E-state index contributed by atoms with van der Waals surface area (Å²) in [6.07, 6.45) is 7.43. The maximum absolute atomic E-state index is 5.89. The van der Waals surface area contributed by atoms with E-state index in [0.29, 0.717) is 0 Å². The van der Waals surface area contributed by atoms with Crippen molar-refractivity contribution in [3.8, 4) is 12.3 Å². The zero-order valence-corrected chi connectivity index (χ0v) is 6.88. The predicted octanol–water partition coefficient (Wildman–Crippen LogP) is 1.61. The lowest BCUT2D eigenvalue weighted by Gasteiger charge is -2.03. The van der Waals surface area contributed by atoms with E-state index in [1.54, 1.807) is 0 Å². The molecule has 1 atom stereocenters. The largest absolute Gasteiger partial charge is 0.324 e. The van der Waals surface area contributed by atoms with Crippen LogP contribution in [-0.2, 0) is 6.42 Å². The summed E-state index contributed by atoms with van der Waals surface area (Å²) < 4.78 is 0. The summed E-state index contributed by atoms with van der Waals surface area (Å²) >= 11 is 0. The molecule has 0 radical (unpaired) electrons. The van der Waals surface area contributed by atoms with Crippen molar-refractivity contribution in [2.75, 3.05) is 0 Å². The Labute approximate surface area is 72.6 Å². The molecule has 1 aliphatic carbocycles. The molecule has 60 valence electrons. The van der Waals surface area contributed by atoms with Gasteiger partial charge in [-0.2, -0.15) is 0 Å². The third kappa shape index (κ3) is 1.01. The van der Waals surface area contributed by atoms with Gasteiger partial charge < -0.3 is 5.73 Å². The first-order valence-corrected chi connectivity index (χ1v) is 4.16. The van der Waals surface area contributed by atoms with Crippen molar-refractivity contribution < 1.29 is 0 Å². The number of aryl methyl sites for hydroxylation is 1. The Morgan fingerprint density at radius 2 is 2.33 bits per heavy atom.